The van der Waals surface area contributed by atoms with E-state index in [1.165, 1.54) is 11.3 Å². The zero-order chi connectivity index (χ0) is 29.0. The highest BCUT2D eigenvalue weighted by atomic mass is 79.9. The first-order valence-corrected chi connectivity index (χ1v) is 15.2. The van der Waals surface area contributed by atoms with Crippen molar-refractivity contribution in [1.82, 2.24) is 4.57 Å². The third-order valence-corrected chi connectivity index (χ3v) is 8.27. The third kappa shape index (κ3) is 5.91. The van der Waals surface area contributed by atoms with E-state index < -0.39 is 12.0 Å². The van der Waals surface area contributed by atoms with Crippen LogP contribution in [0.3, 0.4) is 0 Å². The summed E-state index contributed by atoms with van der Waals surface area (Å²) in [6.45, 7) is 6.32. The molecule has 0 amide bonds. The molecule has 0 saturated carbocycles. The molecule has 11 heteroatoms. The smallest absolute Gasteiger partial charge is 0.338 e. The van der Waals surface area contributed by atoms with E-state index in [4.69, 9.17) is 23.9 Å². The summed E-state index contributed by atoms with van der Waals surface area (Å²) in [6, 6.07) is 8.27. The second-order valence-electron chi connectivity index (χ2n) is 8.76. The van der Waals surface area contributed by atoms with Crippen molar-refractivity contribution < 1.29 is 23.7 Å². The normalized spacial score (nSPS) is 15.0. The second kappa shape index (κ2) is 13.2. The zero-order valence-corrected chi connectivity index (χ0v) is 26.9. The number of carbonyl (C=O) groups excluding carboxylic acids is 1. The highest BCUT2D eigenvalue weighted by Crippen LogP contribution is 2.39. The van der Waals surface area contributed by atoms with Gasteiger partial charge >= 0.3 is 5.97 Å². The van der Waals surface area contributed by atoms with E-state index in [1.807, 2.05) is 26.0 Å². The Morgan fingerprint density at radius 2 is 1.88 bits per heavy atom. The maximum absolute atomic E-state index is 14.2. The average Bonchev–Trinajstić information content (AvgIpc) is 3.24. The van der Waals surface area contributed by atoms with Crippen molar-refractivity contribution in [3.63, 3.8) is 0 Å². The van der Waals surface area contributed by atoms with Crippen LogP contribution >= 0.6 is 43.2 Å². The van der Waals surface area contributed by atoms with Gasteiger partial charge in [-0.3, -0.25) is 9.36 Å². The molecule has 1 atom stereocenters. The largest absolute Gasteiger partial charge is 0.497 e. The lowest BCUT2D eigenvalue weighted by molar-refractivity contribution is -0.139. The summed E-state index contributed by atoms with van der Waals surface area (Å²) in [4.78, 5) is 32.9. The molecule has 0 unspecified atom stereocenters. The Morgan fingerprint density at radius 1 is 1.10 bits per heavy atom. The number of allylic oxidation sites excluding steroid dienone is 1. The van der Waals surface area contributed by atoms with Crippen LogP contribution in [-0.4, -0.2) is 38.0 Å². The van der Waals surface area contributed by atoms with Crippen molar-refractivity contribution in [3.05, 3.63) is 81.4 Å². The van der Waals surface area contributed by atoms with Gasteiger partial charge in [-0.2, -0.15) is 0 Å². The van der Waals surface area contributed by atoms with Crippen molar-refractivity contribution in [1.29, 1.82) is 0 Å². The summed E-state index contributed by atoms with van der Waals surface area (Å²) >= 11 is 8.35. The number of benzene rings is 2. The SMILES string of the molecule is CCCC1=C(C(=O)OCC)[C@@H](c2cc(OC)ccc2OC)n2c(s/c(=C\c3cc(Br)cc(Br)c3OCC)c2=O)=N1. The molecule has 0 spiro atoms. The number of aromatic nitrogens is 1. The van der Waals surface area contributed by atoms with Crippen LogP contribution in [0.1, 0.15) is 50.8 Å². The number of halogens is 2. The van der Waals surface area contributed by atoms with Crippen molar-refractivity contribution in [2.45, 2.75) is 39.7 Å². The van der Waals surface area contributed by atoms with Gasteiger partial charge in [0.2, 0.25) is 0 Å². The maximum atomic E-state index is 14.2. The number of nitrogens with zero attached hydrogens (tertiary/aromatic N) is 2. The molecule has 2 heterocycles. The van der Waals surface area contributed by atoms with Crippen molar-refractivity contribution >= 4 is 55.2 Å². The summed E-state index contributed by atoms with van der Waals surface area (Å²) in [5.41, 5.74) is 1.93. The maximum Gasteiger partial charge on any atom is 0.338 e. The second-order valence-corrected chi connectivity index (χ2v) is 11.5. The van der Waals surface area contributed by atoms with Gasteiger partial charge < -0.3 is 18.9 Å². The van der Waals surface area contributed by atoms with Crippen LogP contribution < -0.4 is 29.1 Å². The Hall–Kier alpha value is -2.89. The molecule has 0 fully saturated rings. The number of rotatable bonds is 10. The Balaban J connectivity index is 2.08. The van der Waals surface area contributed by atoms with E-state index in [2.05, 4.69) is 31.9 Å². The molecule has 4 rings (SSSR count). The first kappa shape index (κ1) is 30.1. The third-order valence-electron chi connectivity index (χ3n) is 6.24. The number of hydrogen-bond acceptors (Lipinski definition) is 8. The van der Waals surface area contributed by atoms with Gasteiger partial charge in [-0.1, -0.05) is 40.6 Å². The Morgan fingerprint density at radius 3 is 2.52 bits per heavy atom. The molecule has 0 N–H and O–H groups in total. The molecule has 212 valence electrons. The predicted octanol–water partition coefficient (Wildman–Crippen LogP) is 5.52. The minimum absolute atomic E-state index is 0.187. The predicted molar refractivity (Wildman–Crippen MR) is 162 cm³/mol. The number of hydrogen-bond donors (Lipinski definition) is 0. The van der Waals surface area contributed by atoms with Crippen molar-refractivity contribution in [2.24, 2.45) is 4.99 Å². The lowest BCUT2D eigenvalue weighted by Gasteiger charge is -2.27. The number of ether oxygens (including phenoxy) is 4. The average molecular weight is 694 g/mol. The van der Waals surface area contributed by atoms with Gasteiger partial charge in [0.25, 0.3) is 5.56 Å². The number of thiazole rings is 1. The van der Waals surface area contributed by atoms with Gasteiger partial charge in [0, 0.05) is 15.6 Å². The molecule has 1 aliphatic heterocycles. The van der Waals surface area contributed by atoms with Gasteiger partial charge in [-0.15, -0.1) is 0 Å². The zero-order valence-electron chi connectivity index (χ0n) is 22.9. The van der Waals surface area contributed by atoms with Gasteiger partial charge in [0.1, 0.15) is 23.3 Å². The van der Waals surface area contributed by atoms with Crippen molar-refractivity contribution in [3.8, 4) is 17.2 Å². The molecule has 1 aliphatic rings. The number of fused-ring (bicyclic) bond motifs is 1. The first-order valence-electron chi connectivity index (χ1n) is 12.8. The summed E-state index contributed by atoms with van der Waals surface area (Å²) in [7, 11) is 3.11. The van der Waals surface area contributed by atoms with Crippen molar-refractivity contribution in [2.75, 3.05) is 27.4 Å². The lowest BCUT2D eigenvalue weighted by Crippen LogP contribution is -2.40. The molecule has 40 heavy (non-hydrogen) atoms. The molecular formula is C29H30Br2N2O6S. The molecule has 1 aromatic heterocycles. The van der Waals surface area contributed by atoms with Crippen LogP contribution in [0.4, 0.5) is 0 Å². The molecule has 2 aromatic carbocycles. The molecule has 0 aliphatic carbocycles. The summed E-state index contributed by atoms with van der Waals surface area (Å²) in [5, 5.41) is 0. The fourth-order valence-corrected chi connectivity index (χ4v) is 6.98. The van der Waals surface area contributed by atoms with E-state index in [-0.39, 0.29) is 12.2 Å². The number of carbonyl (C=O) groups is 1. The Kier molecular flexibility index (Phi) is 9.91. The first-order chi connectivity index (χ1) is 19.3. The summed E-state index contributed by atoms with van der Waals surface area (Å²) in [6.07, 6.45) is 3.08. The van der Waals surface area contributed by atoms with Gasteiger partial charge in [-0.25, -0.2) is 9.79 Å². The highest BCUT2D eigenvalue weighted by molar-refractivity contribution is 9.11. The minimum Gasteiger partial charge on any atom is -0.497 e. The fourth-order valence-electron chi connectivity index (χ4n) is 4.59. The van der Waals surface area contributed by atoms with Crippen LogP contribution in [0, 0.1) is 0 Å². The monoisotopic (exact) mass is 692 g/mol. The standard InChI is InChI=1S/C29H30Br2N2O6S/c1-6-9-21-24(28(35)39-8-3)25(19-15-18(36-4)10-11-22(19)37-5)33-27(34)23(40-29(33)32-21)13-16-12-17(30)14-20(31)26(16)38-7-2/h10-15,25H,6-9H2,1-5H3/b23-13-/t25-/m1/s1. The Bertz CT molecular complexity index is 1640. The molecule has 0 saturated heterocycles. The molecule has 0 bridgehead atoms. The van der Waals surface area contributed by atoms with Crippen LogP contribution in [0.25, 0.3) is 6.08 Å². The van der Waals surface area contributed by atoms with Gasteiger partial charge in [0.15, 0.2) is 4.80 Å². The van der Waals surface area contributed by atoms with Gasteiger partial charge in [0.05, 0.1) is 47.7 Å². The van der Waals surface area contributed by atoms with Crippen LogP contribution in [0.15, 0.2) is 60.3 Å². The molecule has 3 aromatic rings. The number of esters is 1. The fraction of sp³-hybridized carbons (Fsp3) is 0.345. The van der Waals surface area contributed by atoms with E-state index in [0.717, 1.165) is 20.9 Å². The summed E-state index contributed by atoms with van der Waals surface area (Å²) < 4.78 is 26.2. The quantitative estimate of drug-likeness (QED) is 0.260. The van der Waals surface area contributed by atoms with Crippen LogP contribution in [-0.2, 0) is 9.53 Å². The summed E-state index contributed by atoms with van der Waals surface area (Å²) in [5.74, 6) is 1.18. The molecular weight excluding hydrogens is 664 g/mol. The van der Waals surface area contributed by atoms with E-state index in [0.29, 0.717) is 56.4 Å². The lowest BCUT2D eigenvalue weighted by atomic mass is 9.93. The number of methoxy groups -OCH3 is 2. The highest BCUT2D eigenvalue weighted by Gasteiger charge is 2.36. The molecule has 0 radical (unpaired) electrons. The van der Waals surface area contributed by atoms with Gasteiger partial charge in [-0.05, 0) is 72.6 Å². The minimum atomic E-state index is -0.829. The van der Waals surface area contributed by atoms with Crippen LogP contribution in [0.2, 0.25) is 0 Å². The topological polar surface area (TPSA) is 88.4 Å². The molecule has 8 nitrogen and oxygen atoms in total. The van der Waals surface area contributed by atoms with Crippen LogP contribution in [0.5, 0.6) is 17.2 Å². The van der Waals surface area contributed by atoms with E-state index in [1.54, 1.807) is 50.0 Å². The van der Waals surface area contributed by atoms with E-state index in [9.17, 15) is 9.59 Å². The Labute approximate surface area is 253 Å². The van der Waals surface area contributed by atoms with E-state index >= 15 is 0 Å².